The van der Waals surface area contributed by atoms with Crippen LogP contribution in [0.3, 0.4) is 0 Å². The zero-order valence-electron chi connectivity index (χ0n) is 13.6. The third kappa shape index (κ3) is 3.79. The van der Waals surface area contributed by atoms with Crippen LogP contribution in [-0.2, 0) is 0 Å². The minimum atomic E-state index is -0.00458. The summed E-state index contributed by atoms with van der Waals surface area (Å²) in [4.78, 5) is 17.3. The number of pyridine rings is 1. The first-order valence-electron chi connectivity index (χ1n) is 8.47. The van der Waals surface area contributed by atoms with Crippen molar-refractivity contribution in [2.75, 3.05) is 12.0 Å². The molecule has 3 rings (SSSR count). The van der Waals surface area contributed by atoms with Crippen LogP contribution in [-0.4, -0.2) is 23.5 Å². The van der Waals surface area contributed by atoms with Crippen molar-refractivity contribution < 1.29 is 4.79 Å². The van der Waals surface area contributed by atoms with Gasteiger partial charge < -0.3 is 10.7 Å². The molecule has 1 aliphatic carbocycles. The maximum absolute atomic E-state index is 12.8. The lowest BCUT2D eigenvalue weighted by Gasteiger charge is -2.23. The van der Waals surface area contributed by atoms with Crippen molar-refractivity contribution >= 4 is 22.6 Å². The summed E-state index contributed by atoms with van der Waals surface area (Å²) in [7, 11) is 0. The fraction of sp³-hybridized carbons (Fsp3) is 0.444. The number of nitrogens with zero attached hydrogens (tertiary/aromatic N) is 1. The number of aromatic nitrogens is 1. The number of amides is 1. The summed E-state index contributed by atoms with van der Waals surface area (Å²) in [5, 5.41) is 4.09. The molecule has 1 aliphatic rings. The predicted octanol–water partition coefficient (Wildman–Crippen LogP) is 3.23. The number of anilines is 1. The lowest BCUT2D eigenvalue weighted by Crippen LogP contribution is -2.36. The van der Waals surface area contributed by atoms with Crippen LogP contribution >= 0.6 is 0 Å². The van der Waals surface area contributed by atoms with Gasteiger partial charge in [-0.1, -0.05) is 44.4 Å². The minimum absolute atomic E-state index is 0.00458. The van der Waals surface area contributed by atoms with Crippen LogP contribution in [0.25, 0.3) is 10.9 Å². The number of benzene rings is 1. The molecular formula is C18H24N4O. The molecule has 0 radical (unpaired) electrons. The van der Waals surface area contributed by atoms with Crippen LogP contribution in [0, 0.1) is 0 Å². The molecule has 0 unspecified atom stereocenters. The molecule has 5 heteroatoms. The Hall–Kier alpha value is -2.14. The minimum Gasteiger partial charge on any atom is -0.349 e. The molecular weight excluding hydrogens is 288 g/mol. The third-order valence-corrected chi connectivity index (χ3v) is 4.29. The molecule has 3 N–H and O–H groups in total. The van der Waals surface area contributed by atoms with E-state index in [1.165, 1.54) is 19.3 Å². The van der Waals surface area contributed by atoms with E-state index in [4.69, 9.17) is 0 Å². The Labute approximate surface area is 136 Å². The molecule has 0 atom stereocenters. The van der Waals surface area contributed by atoms with Crippen molar-refractivity contribution in [1.29, 1.82) is 0 Å². The highest BCUT2D eigenvalue weighted by Crippen LogP contribution is 2.22. The molecule has 1 fully saturated rings. The van der Waals surface area contributed by atoms with Gasteiger partial charge in [0, 0.05) is 18.0 Å². The van der Waals surface area contributed by atoms with E-state index < -0.39 is 0 Å². The van der Waals surface area contributed by atoms with Gasteiger partial charge >= 0.3 is 0 Å². The Morgan fingerprint density at radius 1 is 1.22 bits per heavy atom. The van der Waals surface area contributed by atoms with E-state index >= 15 is 0 Å². The molecule has 0 bridgehead atoms. The Balaban J connectivity index is 1.88. The van der Waals surface area contributed by atoms with Crippen LogP contribution in [0.2, 0.25) is 0 Å². The van der Waals surface area contributed by atoms with Crippen LogP contribution in [0.15, 0.2) is 30.3 Å². The summed E-state index contributed by atoms with van der Waals surface area (Å²) in [6, 6.07) is 9.89. The highest BCUT2D eigenvalue weighted by molar-refractivity contribution is 6.07. The number of hydrogen-bond donors (Lipinski definition) is 3. The van der Waals surface area contributed by atoms with E-state index in [9.17, 15) is 4.79 Å². The summed E-state index contributed by atoms with van der Waals surface area (Å²) >= 11 is 0. The first-order valence-corrected chi connectivity index (χ1v) is 8.47. The van der Waals surface area contributed by atoms with Gasteiger partial charge in [0.25, 0.3) is 5.91 Å². The molecule has 5 nitrogen and oxygen atoms in total. The second-order valence-corrected chi connectivity index (χ2v) is 6.04. The molecule has 0 aliphatic heterocycles. The highest BCUT2D eigenvalue weighted by Gasteiger charge is 2.19. The van der Waals surface area contributed by atoms with Crippen molar-refractivity contribution in [3.63, 3.8) is 0 Å². The van der Waals surface area contributed by atoms with E-state index in [0.717, 1.165) is 30.3 Å². The number of nitrogens with one attached hydrogen (secondary N) is 3. The van der Waals surface area contributed by atoms with Gasteiger partial charge in [-0.3, -0.25) is 4.79 Å². The number of hydrazine groups is 1. The van der Waals surface area contributed by atoms with Crippen LogP contribution < -0.4 is 16.2 Å². The zero-order valence-corrected chi connectivity index (χ0v) is 13.6. The normalized spacial score (nSPS) is 15.5. The van der Waals surface area contributed by atoms with E-state index in [0.29, 0.717) is 17.4 Å². The zero-order chi connectivity index (χ0) is 16.1. The summed E-state index contributed by atoms with van der Waals surface area (Å²) in [5.74, 6) is 0.661. The highest BCUT2D eigenvalue weighted by atomic mass is 16.1. The fourth-order valence-electron chi connectivity index (χ4n) is 3.12. The molecule has 2 aromatic rings. The van der Waals surface area contributed by atoms with Gasteiger partial charge in [0.1, 0.15) is 5.82 Å². The smallest absolute Gasteiger partial charge is 0.252 e. The standard InChI is InChI=1S/C18H24N4O/c1-2-19-22-17-12-15(14-10-6-7-11-16(14)21-17)18(23)20-13-8-4-3-5-9-13/h6-7,10-13,19H,2-5,8-9H2,1H3,(H,20,23)(H,21,22). The second kappa shape index (κ2) is 7.42. The van der Waals surface area contributed by atoms with Crippen molar-refractivity contribution in [3.8, 4) is 0 Å². The van der Waals surface area contributed by atoms with Gasteiger partial charge in [-0.05, 0) is 25.0 Å². The van der Waals surface area contributed by atoms with Gasteiger partial charge in [-0.2, -0.15) is 0 Å². The van der Waals surface area contributed by atoms with Crippen molar-refractivity contribution in [3.05, 3.63) is 35.9 Å². The Bertz CT molecular complexity index is 680. The lowest BCUT2D eigenvalue weighted by atomic mass is 9.95. The quantitative estimate of drug-likeness (QED) is 0.742. The van der Waals surface area contributed by atoms with E-state index in [1.807, 2.05) is 37.3 Å². The van der Waals surface area contributed by atoms with Crippen molar-refractivity contribution in [2.24, 2.45) is 0 Å². The summed E-state index contributed by atoms with van der Waals surface area (Å²) < 4.78 is 0. The maximum Gasteiger partial charge on any atom is 0.252 e. The number of rotatable bonds is 5. The van der Waals surface area contributed by atoms with Gasteiger partial charge in [0.05, 0.1) is 11.1 Å². The number of carbonyl (C=O) groups is 1. The van der Waals surface area contributed by atoms with Crippen molar-refractivity contribution in [2.45, 2.75) is 45.1 Å². The first-order chi connectivity index (χ1) is 11.3. The molecule has 1 amide bonds. The molecule has 1 aromatic heterocycles. The summed E-state index contributed by atoms with van der Waals surface area (Å²) in [6.45, 7) is 2.78. The SMILES string of the molecule is CCNNc1cc(C(=O)NC2CCCCC2)c2ccccc2n1. The summed E-state index contributed by atoms with van der Waals surface area (Å²) in [5.41, 5.74) is 7.58. The first kappa shape index (κ1) is 15.7. The Morgan fingerprint density at radius 2 is 2.00 bits per heavy atom. The van der Waals surface area contributed by atoms with Gasteiger partial charge in [0.15, 0.2) is 0 Å². The number of para-hydroxylation sites is 1. The molecule has 1 aromatic carbocycles. The monoisotopic (exact) mass is 312 g/mol. The number of hydrogen-bond acceptors (Lipinski definition) is 4. The predicted molar refractivity (Wildman–Crippen MR) is 93.4 cm³/mol. The molecule has 0 saturated heterocycles. The number of carbonyl (C=O) groups excluding carboxylic acids is 1. The van der Waals surface area contributed by atoms with Gasteiger partial charge in [-0.25, -0.2) is 10.4 Å². The van der Waals surface area contributed by atoms with Crippen LogP contribution in [0.5, 0.6) is 0 Å². The second-order valence-electron chi connectivity index (χ2n) is 6.04. The largest absolute Gasteiger partial charge is 0.349 e. The van der Waals surface area contributed by atoms with Crippen LogP contribution in [0.4, 0.5) is 5.82 Å². The van der Waals surface area contributed by atoms with Crippen molar-refractivity contribution in [1.82, 2.24) is 15.7 Å². The molecule has 1 saturated carbocycles. The van der Waals surface area contributed by atoms with E-state index in [1.54, 1.807) is 0 Å². The summed E-state index contributed by atoms with van der Waals surface area (Å²) in [6.07, 6.45) is 5.85. The fourth-order valence-corrected chi connectivity index (χ4v) is 3.12. The van der Waals surface area contributed by atoms with E-state index in [-0.39, 0.29) is 5.91 Å². The molecule has 0 spiro atoms. The molecule has 1 heterocycles. The van der Waals surface area contributed by atoms with Gasteiger partial charge in [0.2, 0.25) is 0 Å². The lowest BCUT2D eigenvalue weighted by molar-refractivity contribution is 0.0929. The topological polar surface area (TPSA) is 66.0 Å². The Kier molecular flexibility index (Phi) is 5.08. The molecule has 122 valence electrons. The van der Waals surface area contributed by atoms with E-state index in [2.05, 4.69) is 21.2 Å². The Morgan fingerprint density at radius 3 is 2.78 bits per heavy atom. The van der Waals surface area contributed by atoms with Gasteiger partial charge in [-0.15, -0.1) is 0 Å². The maximum atomic E-state index is 12.8. The average Bonchev–Trinajstić information content (AvgIpc) is 2.60. The molecule has 23 heavy (non-hydrogen) atoms. The average molecular weight is 312 g/mol. The third-order valence-electron chi connectivity index (χ3n) is 4.29. The van der Waals surface area contributed by atoms with Crippen LogP contribution in [0.1, 0.15) is 49.4 Å². The number of fused-ring (bicyclic) bond motifs is 1.